The summed E-state index contributed by atoms with van der Waals surface area (Å²) in [6, 6.07) is 5.07. The molecule has 0 spiro atoms. The molecule has 1 aromatic carbocycles. The minimum absolute atomic E-state index is 0.0644. The fourth-order valence-corrected chi connectivity index (χ4v) is 3.33. The van der Waals surface area contributed by atoms with Gasteiger partial charge in [-0.05, 0) is 63.0 Å². The Morgan fingerprint density at radius 1 is 1.52 bits per heavy atom. The Morgan fingerprint density at radius 2 is 2.32 bits per heavy atom. The molecule has 2 aromatic rings. The van der Waals surface area contributed by atoms with Crippen LogP contribution in [0.4, 0.5) is 0 Å². The van der Waals surface area contributed by atoms with Gasteiger partial charge in [-0.15, -0.1) is 0 Å². The van der Waals surface area contributed by atoms with Gasteiger partial charge in [0, 0.05) is 25.3 Å². The molecule has 2 heterocycles. The summed E-state index contributed by atoms with van der Waals surface area (Å²) in [6.45, 7) is 2.85. The minimum Gasteiger partial charge on any atom is -0.378 e. The number of aromatic amines is 1. The third-order valence-corrected chi connectivity index (χ3v) is 5.06. The molecule has 0 saturated carbocycles. The van der Waals surface area contributed by atoms with Gasteiger partial charge in [0.05, 0.1) is 17.0 Å². The van der Waals surface area contributed by atoms with Gasteiger partial charge in [0.2, 0.25) is 0 Å². The Bertz CT molecular complexity index is 897. The van der Waals surface area contributed by atoms with Crippen molar-refractivity contribution in [3.63, 3.8) is 0 Å². The number of carbonyl (C=O) groups excluding carboxylic acids is 1. The molecule has 7 heteroatoms. The number of H-pyrrole nitrogens is 1. The summed E-state index contributed by atoms with van der Waals surface area (Å²) in [6.07, 6.45) is 4.41. The molecule has 0 radical (unpaired) electrons. The highest BCUT2D eigenvalue weighted by Gasteiger charge is 2.17. The van der Waals surface area contributed by atoms with Crippen molar-refractivity contribution in [2.24, 2.45) is 7.05 Å². The second kappa shape index (κ2) is 7.49. The number of carbonyl (C=O) groups is 1. The standard InChI is InChI=1S/C18H23N3O3S/c1-11(5-7-13-4-3-9-24-13)19-16(22)12-6-8-14-15(10-12)20-18(25)21(2)17(14)23/h6,8,10-11,13H,3-5,7,9H2,1-2H3,(H,19,22)(H,20,25)/t11-,13-/m1/s1. The largest absolute Gasteiger partial charge is 0.378 e. The normalized spacial score (nSPS) is 18.4. The molecule has 0 aliphatic carbocycles. The maximum atomic E-state index is 12.5. The van der Waals surface area contributed by atoms with Crippen LogP contribution in [0.25, 0.3) is 10.9 Å². The fraction of sp³-hybridized carbons (Fsp3) is 0.500. The zero-order valence-electron chi connectivity index (χ0n) is 14.5. The Morgan fingerprint density at radius 3 is 3.04 bits per heavy atom. The molecule has 1 aliphatic heterocycles. The van der Waals surface area contributed by atoms with E-state index in [-0.39, 0.29) is 17.5 Å². The maximum absolute atomic E-state index is 12.5. The summed E-state index contributed by atoms with van der Waals surface area (Å²) >= 11 is 5.13. The molecule has 6 nitrogen and oxygen atoms in total. The van der Waals surface area contributed by atoms with Crippen molar-refractivity contribution in [2.75, 3.05) is 6.61 Å². The Labute approximate surface area is 151 Å². The highest BCUT2D eigenvalue weighted by atomic mass is 32.1. The number of hydrogen-bond acceptors (Lipinski definition) is 4. The number of amides is 1. The summed E-state index contributed by atoms with van der Waals surface area (Å²) in [5.74, 6) is -0.151. The summed E-state index contributed by atoms with van der Waals surface area (Å²) < 4.78 is 7.33. The van der Waals surface area contributed by atoms with Crippen molar-refractivity contribution in [1.29, 1.82) is 0 Å². The Hall–Kier alpha value is -1.99. The SMILES string of the molecule is C[C@H](CC[C@H]1CCCO1)NC(=O)c1ccc2c(=O)n(C)c(=S)[nH]c2c1. The van der Waals surface area contributed by atoms with E-state index in [2.05, 4.69) is 10.3 Å². The molecule has 2 N–H and O–H groups in total. The summed E-state index contributed by atoms with van der Waals surface area (Å²) in [5, 5.41) is 3.52. The number of ether oxygens (including phenoxy) is 1. The van der Waals surface area contributed by atoms with Crippen LogP contribution in [0.3, 0.4) is 0 Å². The van der Waals surface area contributed by atoms with Crippen LogP contribution in [-0.4, -0.2) is 34.2 Å². The van der Waals surface area contributed by atoms with Crippen molar-refractivity contribution >= 4 is 29.0 Å². The second-order valence-electron chi connectivity index (χ2n) is 6.64. The first-order valence-corrected chi connectivity index (χ1v) is 9.02. The molecule has 1 aliphatic rings. The van der Waals surface area contributed by atoms with E-state index in [9.17, 15) is 9.59 Å². The van der Waals surface area contributed by atoms with Crippen molar-refractivity contribution < 1.29 is 9.53 Å². The van der Waals surface area contributed by atoms with Gasteiger partial charge in [0.15, 0.2) is 4.77 Å². The number of benzene rings is 1. The van der Waals surface area contributed by atoms with Crippen LogP contribution in [0.2, 0.25) is 0 Å². The van der Waals surface area contributed by atoms with E-state index in [1.807, 2.05) is 6.92 Å². The number of nitrogens with one attached hydrogen (secondary N) is 2. The third kappa shape index (κ3) is 3.99. The first-order chi connectivity index (χ1) is 12.0. The van der Waals surface area contributed by atoms with Crippen LogP contribution in [0.15, 0.2) is 23.0 Å². The number of rotatable bonds is 5. The lowest BCUT2D eigenvalue weighted by Gasteiger charge is -2.16. The van der Waals surface area contributed by atoms with E-state index < -0.39 is 0 Å². The van der Waals surface area contributed by atoms with Crippen molar-refractivity contribution in [1.82, 2.24) is 14.9 Å². The molecule has 0 bridgehead atoms. The first kappa shape index (κ1) is 17.8. The van der Waals surface area contributed by atoms with Crippen LogP contribution in [0.1, 0.15) is 43.0 Å². The molecule has 134 valence electrons. The zero-order valence-corrected chi connectivity index (χ0v) is 15.3. The zero-order chi connectivity index (χ0) is 18.0. The quantitative estimate of drug-likeness (QED) is 0.803. The fourth-order valence-electron chi connectivity index (χ4n) is 3.13. The Balaban J connectivity index is 1.70. The van der Waals surface area contributed by atoms with Crippen molar-refractivity contribution in [3.8, 4) is 0 Å². The van der Waals surface area contributed by atoms with Crippen molar-refractivity contribution in [3.05, 3.63) is 38.9 Å². The molecule has 1 fully saturated rings. The molecule has 1 saturated heterocycles. The average Bonchev–Trinajstić information content (AvgIpc) is 3.11. The monoisotopic (exact) mass is 361 g/mol. The summed E-state index contributed by atoms with van der Waals surface area (Å²) in [7, 11) is 1.62. The van der Waals surface area contributed by atoms with E-state index in [4.69, 9.17) is 17.0 Å². The van der Waals surface area contributed by atoms with E-state index in [1.165, 1.54) is 4.57 Å². The third-order valence-electron chi connectivity index (χ3n) is 4.69. The lowest BCUT2D eigenvalue weighted by molar-refractivity contribution is 0.0899. The molecule has 25 heavy (non-hydrogen) atoms. The molecule has 1 aromatic heterocycles. The lowest BCUT2D eigenvalue weighted by Crippen LogP contribution is -2.33. The van der Waals surface area contributed by atoms with Crippen molar-refractivity contribution in [2.45, 2.75) is 44.8 Å². The predicted octanol–water partition coefficient (Wildman–Crippen LogP) is 2.67. The number of hydrogen-bond donors (Lipinski definition) is 2. The van der Waals surface area contributed by atoms with Gasteiger partial charge in [0.25, 0.3) is 11.5 Å². The predicted molar refractivity (Wildman–Crippen MR) is 99.5 cm³/mol. The second-order valence-corrected chi connectivity index (χ2v) is 7.03. The van der Waals surface area contributed by atoms with E-state index in [1.54, 1.807) is 25.2 Å². The van der Waals surface area contributed by atoms with Crippen LogP contribution >= 0.6 is 12.2 Å². The molecule has 2 atom stereocenters. The molecular weight excluding hydrogens is 338 g/mol. The van der Waals surface area contributed by atoms with E-state index in [0.717, 1.165) is 32.3 Å². The van der Waals surface area contributed by atoms with Crippen LogP contribution in [-0.2, 0) is 11.8 Å². The van der Waals surface area contributed by atoms with Gasteiger partial charge >= 0.3 is 0 Å². The smallest absolute Gasteiger partial charge is 0.261 e. The number of fused-ring (bicyclic) bond motifs is 1. The lowest BCUT2D eigenvalue weighted by atomic mass is 10.1. The van der Waals surface area contributed by atoms with Crippen LogP contribution in [0.5, 0.6) is 0 Å². The van der Waals surface area contributed by atoms with Gasteiger partial charge in [-0.3, -0.25) is 14.2 Å². The van der Waals surface area contributed by atoms with Crippen LogP contribution in [0, 0.1) is 4.77 Å². The number of aromatic nitrogens is 2. The van der Waals surface area contributed by atoms with Gasteiger partial charge in [-0.1, -0.05) is 0 Å². The Kier molecular flexibility index (Phi) is 5.34. The minimum atomic E-state index is -0.171. The van der Waals surface area contributed by atoms with Gasteiger partial charge in [0.1, 0.15) is 0 Å². The van der Waals surface area contributed by atoms with Gasteiger partial charge in [-0.2, -0.15) is 0 Å². The van der Waals surface area contributed by atoms with Gasteiger partial charge in [-0.25, -0.2) is 0 Å². The molecule has 1 amide bonds. The highest BCUT2D eigenvalue weighted by Crippen LogP contribution is 2.18. The topological polar surface area (TPSA) is 76.1 Å². The highest BCUT2D eigenvalue weighted by molar-refractivity contribution is 7.71. The maximum Gasteiger partial charge on any atom is 0.261 e. The average molecular weight is 361 g/mol. The summed E-state index contributed by atoms with van der Waals surface area (Å²) in [4.78, 5) is 27.6. The summed E-state index contributed by atoms with van der Waals surface area (Å²) in [5.41, 5.74) is 0.916. The molecule has 3 rings (SSSR count). The van der Waals surface area contributed by atoms with Crippen LogP contribution < -0.4 is 10.9 Å². The van der Waals surface area contributed by atoms with Gasteiger partial charge < -0.3 is 15.0 Å². The number of nitrogens with zero attached hydrogens (tertiary/aromatic N) is 1. The van der Waals surface area contributed by atoms with E-state index >= 15 is 0 Å². The first-order valence-electron chi connectivity index (χ1n) is 8.61. The molecular formula is C18H23N3O3S. The molecule has 0 unspecified atom stereocenters. The van der Waals surface area contributed by atoms with E-state index in [0.29, 0.717) is 27.3 Å².